The summed E-state index contributed by atoms with van der Waals surface area (Å²) in [5.74, 6) is 0.374. The Morgan fingerprint density at radius 1 is 1.41 bits per heavy atom. The predicted molar refractivity (Wildman–Crippen MR) is 84.2 cm³/mol. The molecule has 116 valence electrons. The predicted octanol–water partition coefficient (Wildman–Crippen LogP) is 1.90. The van der Waals surface area contributed by atoms with Crippen LogP contribution in [0.5, 0.6) is 0 Å². The number of carboxylic acid groups (broad SMARTS) is 1. The number of carboxylic acids is 1. The maximum absolute atomic E-state index is 11.5. The first-order valence-electron chi connectivity index (χ1n) is 7.54. The fraction of sp³-hybridized carbons (Fsp3) is 0.438. The van der Waals surface area contributed by atoms with E-state index in [0.717, 1.165) is 30.3 Å². The van der Waals surface area contributed by atoms with Crippen molar-refractivity contribution in [2.45, 2.75) is 32.4 Å². The van der Waals surface area contributed by atoms with Gasteiger partial charge in [-0.3, -0.25) is 9.69 Å². The zero-order valence-corrected chi connectivity index (χ0v) is 12.6. The highest BCUT2D eigenvalue weighted by atomic mass is 16.4. The molecule has 1 fully saturated rings. The number of hydrogen-bond acceptors (Lipinski definition) is 5. The lowest BCUT2D eigenvalue weighted by Gasteiger charge is -2.36. The third kappa shape index (κ3) is 2.74. The van der Waals surface area contributed by atoms with Gasteiger partial charge in [0.25, 0.3) is 0 Å². The number of likely N-dealkylation sites (tertiary alicyclic amines) is 1. The SMILES string of the molecule is CC1CCCN(Cc2nc(N)c3ccccc3n2)C1C(=O)O. The Morgan fingerprint density at radius 3 is 2.95 bits per heavy atom. The minimum absolute atomic E-state index is 0.129. The van der Waals surface area contributed by atoms with Crippen molar-refractivity contribution in [1.82, 2.24) is 14.9 Å². The highest BCUT2D eigenvalue weighted by Gasteiger charge is 2.34. The van der Waals surface area contributed by atoms with E-state index >= 15 is 0 Å². The van der Waals surface area contributed by atoms with Crippen LogP contribution in [-0.4, -0.2) is 38.5 Å². The molecule has 2 heterocycles. The average Bonchev–Trinajstić information content (AvgIpc) is 2.47. The quantitative estimate of drug-likeness (QED) is 0.899. The van der Waals surface area contributed by atoms with Crippen LogP contribution in [0.1, 0.15) is 25.6 Å². The van der Waals surface area contributed by atoms with Crippen molar-refractivity contribution in [1.29, 1.82) is 0 Å². The standard InChI is InChI=1S/C16H20N4O2/c1-10-5-4-8-20(14(10)16(21)22)9-13-18-12-7-3-2-6-11(12)15(17)19-13/h2-3,6-7,10,14H,4-5,8-9H2,1H3,(H,21,22)(H2,17,18,19). The number of nitrogens with two attached hydrogens (primary N) is 1. The van der Waals surface area contributed by atoms with Gasteiger partial charge in [-0.05, 0) is 37.4 Å². The van der Waals surface area contributed by atoms with Crippen LogP contribution < -0.4 is 5.73 Å². The smallest absolute Gasteiger partial charge is 0.321 e. The maximum Gasteiger partial charge on any atom is 0.321 e. The van der Waals surface area contributed by atoms with Crippen LogP contribution in [0, 0.1) is 5.92 Å². The second-order valence-corrected chi connectivity index (χ2v) is 5.92. The van der Waals surface area contributed by atoms with Crippen molar-refractivity contribution in [3.05, 3.63) is 30.1 Å². The van der Waals surface area contributed by atoms with E-state index in [4.69, 9.17) is 5.73 Å². The summed E-state index contributed by atoms with van der Waals surface area (Å²) in [6.45, 7) is 3.15. The Morgan fingerprint density at radius 2 is 2.18 bits per heavy atom. The minimum Gasteiger partial charge on any atom is -0.480 e. The Labute approximate surface area is 129 Å². The molecule has 0 radical (unpaired) electrons. The Kier molecular flexibility index (Phi) is 3.94. The van der Waals surface area contributed by atoms with E-state index in [9.17, 15) is 9.90 Å². The van der Waals surface area contributed by atoms with Gasteiger partial charge in [-0.2, -0.15) is 0 Å². The van der Waals surface area contributed by atoms with Crippen LogP contribution in [0.15, 0.2) is 24.3 Å². The van der Waals surface area contributed by atoms with Gasteiger partial charge < -0.3 is 10.8 Å². The zero-order chi connectivity index (χ0) is 15.7. The first kappa shape index (κ1) is 14.7. The molecule has 0 aliphatic carbocycles. The molecule has 2 aromatic rings. The van der Waals surface area contributed by atoms with Crippen LogP contribution >= 0.6 is 0 Å². The van der Waals surface area contributed by atoms with Gasteiger partial charge in [-0.1, -0.05) is 19.1 Å². The third-order valence-corrected chi connectivity index (χ3v) is 4.31. The second-order valence-electron chi connectivity index (χ2n) is 5.92. The van der Waals surface area contributed by atoms with Crippen molar-refractivity contribution in [3.8, 4) is 0 Å². The number of anilines is 1. The molecule has 3 N–H and O–H groups in total. The number of nitrogen functional groups attached to an aromatic ring is 1. The molecule has 6 heteroatoms. The number of benzene rings is 1. The zero-order valence-electron chi connectivity index (χ0n) is 12.6. The first-order chi connectivity index (χ1) is 10.6. The van der Waals surface area contributed by atoms with Crippen molar-refractivity contribution in [2.75, 3.05) is 12.3 Å². The van der Waals surface area contributed by atoms with Crippen molar-refractivity contribution < 1.29 is 9.90 Å². The number of fused-ring (bicyclic) bond motifs is 1. The third-order valence-electron chi connectivity index (χ3n) is 4.31. The van der Waals surface area contributed by atoms with E-state index in [1.54, 1.807) is 0 Å². The van der Waals surface area contributed by atoms with E-state index < -0.39 is 12.0 Å². The molecule has 1 aromatic carbocycles. The van der Waals surface area contributed by atoms with E-state index in [0.29, 0.717) is 18.2 Å². The summed E-state index contributed by atoms with van der Waals surface area (Å²) in [4.78, 5) is 22.4. The monoisotopic (exact) mass is 300 g/mol. The molecule has 1 aliphatic rings. The second kappa shape index (κ2) is 5.88. The number of aliphatic carboxylic acids is 1. The fourth-order valence-corrected chi connectivity index (χ4v) is 3.25. The first-order valence-corrected chi connectivity index (χ1v) is 7.54. The van der Waals surface area contributed by atoms with Crippen molar-refractivity contribution in [2.24, 2.45) is 5.92 Å². The average molecular weight is 300 g/mol. The van der Waals surface area contributed by atoms with Gasteiger partial charge in [0.05, 0.1) is 12.1 Å². The van der Waals surface area contributed by atoms with Gasteiger partial charge in [0.15, 0.2) is 0 Å². The minimum atomic E-state index is -0.777. The summed E-state index contributed by atoms with van der Waals surface area (Å²) in [6, 6.07) is 7.10. The molecule has 0 spiro atoms. The number of hydrogen-bond donors (Lipinski definition) is 2. The number of para-hydroxylation sites is 1. The number of carbonyl (C=O) groups is 1. The van der Waals surface area contributed by atoms with Gasteiger partial charge in [-0.25, -0.2) is 9.97 Å². The lowest BCUT2D eigenvalue weighted by atomic mass is 9.91. The molecule has 1 aromatic heterocycles. The molecule has 2 atom stereocenters. The molecule has 3 rings (SSSR count). The summed E-state index contributed by atoms with van der Waals surface area (Å²) >= 11 is 0. The number of nitrogens with zero attached hydrogens (tertiary/aromatic N) is 3. The molecular weight excluding hydrogens is 280 g/mol. The lowest BCUT2D eigenvalue weighted by Crippen LogP contribution is -2.48. The van der Waals surface area contributed by atoms with Crippen LogP contribution in [0.4, 0.5) is 5.82 Å². The topological polar surface area (TPSA) is 92.3 Å². The fourth-order valence-electron chi connectivity index (χ4n) is 3.25. The van der Waals surface area contributed by atoms with Crippen molar-refractivity contribution in [3.63, 3.8) is 0 Å². The molecule has 0 amide bonds. The molecule has 0 bridgehead atoms. The Balaban J connectivity index is 1.90. The maximum atomic E-state index is 11.5. The Hall–Kier alpha value is -2.21. The molecule has 1 saturated heterocycles. The van der Waals surface area contributed by atoms with Gasteiger partial charge in [-0.15, -0.1) is 0 Å². The number of piperidine rings is 1. The van der Waals surface area contributed by atoms with Gasteiger partial charge in [0.2, 0.25) is 0 Å². The summed E-state index contributed by atoms with van der Waals surface area (Å²) < 4.78 is 0. The molecule has 2 unspecified atom stereocenters. The molecular formula is C16H20N4O2. The highest BCUT2D eigenvalue weighted by Crippen LogP contribution is 2.25. The summed E-state index contributed by atoms with van der Waals surface area (Å²) in [6.07, 6.45) is 1.93. The normalized spacial score (nSPS) is 22.8. The summed E-state index contributed by atoms with van der Waals surface area (Å²) in [5, 5.41) is 10.3. The molecule has 1 aliphatic heterocycles. The summed E-state index contributed by atoms with van der Waals surface area (Å²) in [5.41, 5.74) is 6.79. The van der Waals surface area contributed by atoms with E-state index in [-0.39, 0.29) is 5.92 Å². The van der Waals surface area contributed by atoms with Gasteiger partial charge in [0, 0.05) is 5.39 Å². The Bertz CT molecular complexity index is 704. The number of aromatic nitrogens is 2. The van der Waals surface area contributed by atoms with Crippen LogP contribution in [-0.2, 0) is 11.3 Å². The van der Waals surface area contributed by atoms with Crippen LogP contribution in [0.25, 0.3) is 10.9 Å². The van der Waals surface area contributed by atoms with Crippen LogP contribution in [0.2, 0.25) is 0 Å². The van der Waals surface area contributed by atoms with Crippen LogP contribution in [0.3, 0.4) is 0 Å². The van der Waals surface area contributed by atoms with E-state index in [2.05, 4.69) is 9.97 Å². The molecule has 22 heavy (non-hydrogen) atoms. The van der Waals surface area contributed by atoms with E-state index in [1.807, 2.05) is 36.1 Å². The highest BCUT2D eigenvalue weighted by molar-refractivity contribution is 5.87. The van der Waals surface area contributed by atoms with Gasteiger partial charge >= 0.3 is 5.97 Å². The lowest BCUT2D eigenvalue weighted by molar-refractivity contribution is -0.147. The van der Waals surface area contributed by atoms with E-state index in [1.165, 1.54) is 0 Å². The van der Waals surface area contributed by atoms with Crippen molar-refractivity contribution >= 4 is 22.7 Å². The largest absolute Gasteiger partial charge is 0.480 e. The number of rotatable bonds is 3. The summed E-state index contributed by atoms with van der Waals surface area (Å²) in [7, 11) is 0. The molecule has 6 nitrogen and oxygen atoms in total. The van der Waals surface area contributed by atoms with Gasteiger partial charge in [0.1, 0.15) is 17.7 Å². The molecule has 0 saturated carbocycles.